The van der Waals surface area contributed by atoms with E-state index < -0.39 is 28.9 Å². The number of aromatic nitrogens is 2. The van der Waals surface area contributed by atoms with Gasteiger partial charge in [-0.2, -0.15) is 4.99 Å². The fourth-order valence-electron chi connectivity index (χ4n) is 2.85. The molecule has 0 saturated carbocycles. The zero-order chi connectivity index (χ0) is 24.4. The largest absolute Gasteiger partial charge is 0.548 e. The number of aliphatic hydroxyl groups excluding tert-OH is 1. The van der Waals surface area contributed by atoms with Crippen LogP contribution in [-0.2, 0) is 4.79 Å². The van der Waals surface area contributed by atoms with Crippen LogP contribution in [-0.4, -0.2) is 68.1 Å². The molecule has 1 unspecified atom stereocenters. The fraction of sp³-hybridized carbons (Fsp3) is 0.500. The second-order valence-corrected chi connectivity index (χ2v) is 9.63. The van der Waals surface area contributed by atoms with E-state index in [0.717, 1.165) is 5.76 Å². The van der Waals surface area contributed by atoms with Gasteiger partial charge in [0, 0.05) is 32.6 Å². The summed E-state index contributed by atoms with van der Waals surface area (Å²) >= 11 is -1.81. The average molecular weight is 466 g/mol. The van der Waals surface area contributed by atoms with Gasteiger partial charge in [-0.15, -0.1) is 4.37 Å². The topological polar surface area (TPSA) is 159 Å². The molecule has 0 spiro atoms. The molecule has 2 heterocycles. The van der Waals surface area contributed by atoms with Crippen LogP contribution in [0.25, 0.3) is 0 Å². The van der Waals surface area contributed by atoms with Crippen molar-refractivity contribution in [2.24, 2.45) is 21.1 Å². The summed E-state index contributed by atoms with van der Waals surface area (Å²) in [6, 6.07) is 3.24. The molecule has 0 saturated heterocycles. The van der Waals surface area contributed by atoms with E-state index in [0.29, 0.717) is 5.76 Å². The number of likely N-dealkylation sites (N-methyl/N-ethyl adjacent to an activating group) is 2. The number of amides is 1. The summed E-state index contributed by atoms with van der Waals surface area (Å²) in [5, 5.41) is 10.6. The Hall–Kier alpha value is -3.12. The molecule has 0 aromatic carbocycles. The molecule has 1 amide bonds. The number of aliphatic hydroxyl groups is 1. The first-order valence-electron chi connectivity index (χ1n) is 9.80. The number of nitrogens with zero attached hydrogens (tertiary/aromatic N) is 5. The van der Waals surface area contributed by atoms with Crippen molar-refractivity contribution in [1.29, 1.82) is 0 Å². The van der Waals surface area contributed by atoms with E-state index in [1.165, 1.54) is 9.80 Å². The number of amidine groups is 1. The van der Waals surface area contributed by atoms with Crippen molar-refractivity contribution in [3.63, 3.8) is 0 Å². The van der Waals surface area contributed by atoms with Crippen molar-refractivity contribution in [1.82, 2.24) is 18.5 Å². The number of hydrogen-bond acceptors (Lipinski definition) is 8. The van der Waals surface area contributed by atoms with Crippen LogP contribution >= 0.6 is 11.1 Å². The van der Waals surface area contributed by atoms with Crippen molar-refractivity contribution in [2.45, 2.75) is 33.7 Å². The van der Waals surface area contributed by atoms with E-state index in [4.69, 9.17) is 10.2 Å². The summed E-state index contributed by atoms with van der Waals surface area (Å²) in [6.45, 7) is 7.81. The van der Waals surface area contributed by atoms with Crippen LogP contribution in [0.1, 0.15) is 38.3 Å². The third kappa shape index (κ3) is 5.77. The van der Waals surface area contributed by atoms with Gasteiger partial charge in [0.15, 0.2) is 22.7 Å². The second kappa shape index (κ2) is 9.57. The number of nitrogens with one attached hydrogen (secondary N) is 1. The number of aromatic amines is 1. The van der Waals surface area contributed by atoms with Gasteiger partial charge < -0.3 is 29.6 Å². The van der Waals surface area contributed by atoms with Crippen LogP contribution in [0, 0.1) is 12.3 Å². The van der Waals surface area contributed by atoms with Gasteiger partial charge in [0.1, 0.15) is 23.3 Å². The second-order valence-electron chi connectivity index (χ2n) is 8.75. The highest BCUT2D eigenvalue weighted by Gasteiger charge is 2.29. The molecule has 0 aliphatic heterocycles. The minimum Gasteiger partial charge on any atom is -0.548 e. The van der Waals surface area contributed by atoms with Crippen molar-refractivity contribution < 1.29 is 18.9 Å². The SMILES string of the molecule is Cc1ccc([C@H](N=c2[nH][s+]([O-])nc2N=C(N)/C(O)=C(/C(=O)N(C)C)N(C)C)C(C)(C)C)o1. The van der Waals surface area contributed by atoms with Gasteiger partial charge >= 0.3 is 0 Å². The predicted molar refractivity (Wildman–Crippen MR) is 122 cm³/mol. The normalized spacial score (nSPS) is 15.5. The summed E-state index contributed by atoms with van der Waals surface area (Å²) in [6.07, 6.45) is 0. The Labute approximate surface area is 190 Å². The first-order chi connectivity index (χ1) is 14.7. The quantitative estimate of drug-likeness (QED) is 0.194. The Morgan fingerprint density at radius 2 is 1.91 bits per heavy atom. The number of aryl methyl sites for hydroxylation is 1. The molecule has 0 fully saturated rings. The number of aliphatic imine (C=N–C) groups is 1. The van der Waals surface area contributed by atoms with Crippen LogP contribution in [0.4, 0.5) is 5.82 Å². The molecule has 0 radical (unpaired) electrons. The number of nitrogens with two attached hydrogens (primary N) is 1. The lowest BCUT2D eigenvalue weighted by molar-refractivity contribution is -0.126. The van der Waals surface area contributed by atoms with Gasteiger partial charge in [-0.25, -0.2) is 4.99 Å². The van der Waals surface area contributed by atoms with E-state index in [1.54, 1.807) is 28.2 Å². The molecule has 0 bridgehead atoms. The zero-order valence-electron chi connectivity index (χ0n) is 19.6. The summed E-state index contributed by atoms with van der Waals surface area (Å²) in [5.41, 5.74) is 5.71. The van der Waals surface area contributed by atoms with Crippen LogP contribution in [0.15, 0.2) is 38.0 Å². The van der Waals surface area contributed by atoms with Crippen LogP contribution < -0.4 is 11.2 Å². The van der Waals surface area contributed by atoms with Crippen molar-refractivity contribution in [2.75, 3.05) is 28.2 Å². The van der Waals surface area contributed by atoms with Gasteiger partial charge in [0.25, 0.3) is 11.7 Å². The van der Waals surface area contributed by atoms with Crippen molar-refractivity contribution in [3.05, 3.63) is 40.6 Å². The maximum Gasteiger partial charge on any atom is 0.273 e. The third-order valence-electron chi connectivity index (χ3n) is 4.42. The highest BCUT2D eigenvalue weighted by atomic mass is 32.2. The molecule has 2 atom stereocenters. The minimum atomic E-state index is -1.81. The van der Waals surface area contributed by atoms with Crippen LogP contribution in [0.3, 0.4) is 0 Å². The molecular weight excluding hydrogens is 434 g/mol. The van der Waals surface area contributed by atoms with Crippen LogP contribution in [0.2, 0.25) is 0 Å². The number of rotatable bonds is 6. The van der Waals surface area contributed by atoms with E-state index in [1.807, 2.05) is 39.8 Å². The Balaban J connectivity index is 2.63. The third-order valence-corrected chi connectivity index (χ3v) is 5.13. The number of hydrogen-bond donors (Lipinski definition) is 3. The number of carbonyl (C=O) groups is 1. The van der Waals surface area contributed by atoms with Crippen LogP contribution in [0.5, 0.6) is 0 Å². The maximum absolute atomic E-state index is 12.4. The average Bonchev–Trinajstić information content (AvgIpc) is 3.23. The Bertz CT molecular complexity index is 1100. The molecule has 2 aromatic rings. The summed E-state index contributed by atoms with van der Waals surface area (Å²) < 4.78 is 24.4. The highest BCUT2D eigenvalue weighted by Crippen LogP contribution is 2.36. The molecule has 0 aliphatic rings. The molecule has 176 valence electrons. The van der Waals surface area contributed by atoms with E-state index in [9.17, 15) is 14.5 Å². The lowest BCUT2D eigenvalue weighted by atomic mass is 9.86. The molecular formula is C20H31N7O4S. The van der Waals surface area contributed by atoms with E-state index in [2.05, 4.69) is 18.7 Å². The molecule has 32 heavy (non-hydrogen) atoms. The lowest BCUT2D eigenvalue weighted by Gasteiger charge is -2.25. The smallest absolute Gasteiger partial charge is 0.273 e. The summed E-state index contributed by atoms with van der Waals surface area (Å²) in [4.78, 5) is 23.9. The molecule has 11 nitrogen and oxygen atoms in total. The van der Waals surface area contributed by atoms with Gasteiger partial charge in [-0.05, 0) is 24.5 Å². The first kappa shape index (κ1) is 25.1. The van der Waals surface area contributed by atoms with Gasteiger partial charge in [-0.1, -0.05) is 20.8 Å². The van der Waals surface area contributed by atoms with Crippen molar-refractivity contribution in [3.8, 4) is 0 Å². The molecule has 2 aromatic heterocycles. The Morgan fingerprint density at radius 1 is 1.28 bits per heavy atom. The summed E-state index contributed by atoms with van der Waals surface area (Å²) in [7, 11) is 6.29. The summed E-state index contributed by atoms with van der Waals surface area (Å²) in [5.74, 6) is -0.0338. The standard InChI is InChI=1S/C20H31N7O4S/c1-11-9-10-12(31-11)15(20(2,3)4)22-17-18(25-32(30)24-17)23-16(21)14(28)13(26(5)6)19(29)27(7)8/h9-10,15,28H,1-8H3,(H,22,24)(H2,21,23,25)/b14-13+/t15-,32?/m0/s1. The van der Waals surface area contributed by atoms with Gasteiger partial charge in [-0.3, -0.25) is 4.79 Å². The Kier molecular flexibility index (Phi) is 7.52. The molecule has 12 heteroatoms. The molecule has 4 N–H and O–H groups in total. The minimum absolute atomic E-state index is 0.0546. The van der Waals surface area contributed by atoms with E-state index in [-0.39, 0.29) is 28.3 Å². The number of H-pyrrole nitrogens is 1. The number of furan rings is 1. The molecule has 2 rings (SSSR count). The predicted octanol–water partition coefficient (Wildman–Crippen LogP) is 2.13. The fourth-order valence-corrected chi connectivity index (χ4v) is 3.49. The first-order valence-corrected chi connectivity index (χ1v) is 10.9. The zero-order valence-corrected chi connectivity index (χ0v) is 20.4. The monoisotopic (exact) mass is 465 g/mol. The maximum atomic E-state index is 12.4. The van der Waals surface area contributed by atoms with E-state index >= 15 is 0 Å². The highest BCUT2D eigenvalue weighted by molar-refractivity contribution is 7.13. The Morgan fingerprint density at radius 3 is 2.38 bits per heavy atom. The van der Waals surface area contributed by atoms with Gasteiger partial charge in [0.05, 0.1) is 0 Å². The number of carbonyl (C=O) groups excluding carboxylic acids is 1. The molecule has 0 aliphatic carbocycles. The lowest BCUT2D eigenvalue weighted by Crippen LogP contribution is -2.34. The van der Waals surface area contributed by atoms with Gasteiger partial charge in [0.2, 0.25) is 5.49 Å². The van der Waals surface area contributed by atoms with Crippen molar-refractivity contribution >= 4 is 28.7 Å².